The van der Waals surface area contributed by atoms with Crippen LogP contribution in [0.1, 0.15) is 57.1 Å². The third kappa shape index (κ3) is 6.44. The van der Waals surface area contributed by atoms with E-state index in [9.17, 15) is 24.2 Å². The van der Waals surface area contributed by atoms with Crippen molar-refractivity contribution in [2.75, 3.05) is 18.4 Å². The van der Waals surface area contributed by atoms with Gasteiger partial charge in [-0.05, 0) is 66.4 Å². The number of aromatic hydroxyl groups is 1. The molecule has 1 aromatic heterocycles. The van der Waals surface area contributed by atoms with E-state index in [1.807, 2.05) is 18.2 Å². The van der Waals surface area contributed by atoms with E-state index in [4.69, 9.17) is 0 Å². The Labute approximate surface area is 252 Å². The normalized spacial score (nSPS) is 16.0. The summed E-state index contributed by atoms with van der Waals surface area (Å²) in [6.45, 7) is 2.71. The molecule has 1 atom stereocenters. The van der Waals surface area contributed by atoms with Gasteiger partial charge in [0.1, 0.15) is 17.6 Å². The molecule has 3 heterocycles. The number of likely N-dealkylation sites (tertiary alicyclic amines) is 1. The summed E-state index contributed by atoms with van der Waals surface area (Å²) in [5, 5.41) is 25.0. The average Bonchev–Trinajstić information content (AvgIpc) is 3.63. The molecule has 43 heavy (non-hydrogen) atoms. The zero-order valence-electron chi connectivity index (χ0n) is 23.2. The van der Waals surface area contributed by atoms with Crippen molar-refractivity contribution in [2.45, 2.75) is 38.1 Å². The number of aromatic nitrogens is 1. The summed E-state index contributed by atoms with van der Waals surface area (Å²) >= 11 is 1.21. The van der Waals surface area contributed by atoms with E-state index in [0.29, 0.717) is 21.8 Å². The molecule has 0 aliphatic carbocycles. The minimum atomic E-state index is -1.29. The van der Waals surface area contributed by atoms with E-state index >= 15 is 0 Å². The maximum absolute atomic E-state index is 14.2. The average molecular weight is 597 g/mol. The van der Waals surface area contributed by atoms with Gasteiger partial charge >= 0.3 is 0 Å². The Hall–Kier alpha value is -4.56. The highest BCUT2D eigenvalue weighted by molar-refractivity contribution is 7.13. The lowest BCUT2D eigenvalue weighted by molar-refractivity contribution is -0.120. The summed E-state index contributed by atoms with van der Waals surface area (Å²) in [6.07, 6.45) is 2.95. The lowest BCUT2D eigenvalue weighted by Crippen LogP contribution is -2.37. The number of nitrogens with zero attached hydrogens (tertiary/aromatic N) is 3. The first-order chi connectivity index (χ1) is 20.8. The van der Waals surface area contributed by atoms with Gasteiger partial charge in [-0.3, -0.25) is 19.8 Å². The van der Waals surface area contributed by atoms with Gasteiger partial charge in [0.2, 0.25) is 0 Å². The van der Waals surface area contributed by atoms with Crippen molar-refractivity contribution in [3.8, 4) is 17.6 Å². The van der Waals surface area contributed by atoms with Crippen LogP contribution in [0.15, 0.2) is 72.2 Å². The van der Waals surface area contributed by atoms with Crippen LogP contribution in [-0.2, 0) is 17.9 Å². The van der Waals surface area contributed by atoms with Gasteiger partial charge in [-0.1, -0.05) is 30.0 Å². The standard InChI is InChI=1S/C33H29FN4O4S/c34-25-9-10-29(40)28(18-25)30(31(41)36-33-35-13-16-43-33)38-20-24-8-7-22(17-27(24)32(38)42)4-1-21-2-5-23(6-3-21)19-37-14-11-26(39)12-15-37/h2-3,5-10,13,16-18,26,30,39-40H,11-12,14-15,19-20H2,(H,35,36,41). The van der Waals surface area contributed by atoms with E-state index in [-0.39, 0.29) is 24.0 Å². The van der Waals surface area contributed by atoms with Gasteiger partial charge in [0, 0.05) is 60.0 Å². The second kappa shape index (κ2) is 12.4. The van der Waals surface area contributed by atoms with Crippen molar-refractivity contribution in [1.82, 2.24) is 14.8 Å². The van der Waals surface area contributed by atoms with Crippen LogP contribution in [-0.4, -0.2) is 56.0 Å². The Morgan fingerprint density at radius 2 is 1.81 bits per heavy atom. The summed E-state index contributed by atoms with van der Waals surface area (Å²) in [7, 11) is 0. The Morgan fingerprint density at radius 1 is 1.07 bits per heavy atom. The number of aliphatic hydroxyl groups excluding tert-OH is 1. The molecule has 0 spiro atoms. The summed E-state index contributed by atoms with van der Waals surface area (Å²) in [6, 6.07) is 15.4. The second-order valence-electron chi connectivity index (χ2n) is 10.7. The quantitative estimate of drug-likeness (QED) is 0.279. The Bertz CT molecular complexity index is 1710. The van der Waals surface area contributed by atoms with Crippen LogP contribution in [0.25, 0.3) is 0 Å². The summed E-state index contributed by atoms with van der Waals surface area (Å²) in [4.78, 5) is 34.8. The predicted octanol–water partition coefficient (Wildman–Crippen LogP) is 4.68. The molecule has 1 saturated heterocycles. The number of halogens is 1. The maximum atomic E-state index is 14.2. The number of hydrogen-bond donors (Lipinski definition) is 3. The number of phenols is 1. The minimum absolute atomic E-state index is 0.0171. The number of benzene rings is 3. The van der Waals surface area contributed by atoms with Gasteiger partial charge in [0.05, 0.1) is 6.10 Å². The van der Waals surface area contributed by atoms with E-state index in [1.54, 1.807) is 17.5 Å². The highest BCUT2D eigenvalue weighted by Crippen LogP contribution is 2.36. The number of piperidine rings is 1. The molecule has 8 nitrogen and oxygen atoms in total. The number of nitrogens with one attached hydrogen (secondary N) is 1. The molecule has 3 aromatic carbocycles. The van der Waals surface area contributed by atoms with Gasteiger partial charge in [-0.2, -0.15) is 0 Å². The van der Waals surface area contributed by atoms with Crippen LogP contribution >= 0.6 is 11.3 Å². The molecule has 6 rings (SSSR count). The zero-order chi connectivity index (χ0) is 29.9. The Morgan fingerprint density at radius 3 is 2.56 bits per heavy atom. The van der Waals surface area contributed by atoms with Crippen LogP contribution in [0.3, 0.4) is 0 Å². The SMILES string of the molecule is O=C(Nc1nccs1)C(c1cc(F)ccc1O)N1Cc2ccc(C#Cc3ccc(CN4CCC(O)CC4)cc3)cc2C1=O. The number of hydrogen-bond acceptors (Lipinski definition) is 7. The van der Waals surface area contributed by atoms with Gasteiger partial charge < -0.3 is 15.1 Å². The second-order valence-corrected chi connectivity index (χ2v) is 11.6. The predicted molar refractivity (Wildman–Crippen MR) is 161 cm³/mol. The largest absolute Gasteiger partial charge is 0.508 e. The summed E-state index contributed by atoms with van der Waals surface area (Å²) < 4.78 is 14.2. The van der Waals surface area contributed by atoms with Crippen molar-refractivity contribution in [3.63, 3.8) is 0 Å². The summed E-state index contributed by atoms with van der Waals surface area (Å²) in [5.41, 5.74) is 3.75. The molecule has 0 bridgehead atoms. The van der Waals surface area contributed by atoms with E-state index in [0.717, 1.165) is 50.2 Å². The molecule has 10 heteroatoms. The van der Waals surface area contributed by atoms with Crippen molar-refractivity contribution < 1.29 is 24.2 Å². The molecular formula is C33H29FN4O4S. The van der Waals surface area contributed by atoms with Gasteiger partial charge in [-0.15, -0.1) is 11.3 Å². The highest BCUT2D eigenvalue weighted by atomic mass is 32.1. The molecule has 2 aliphatic heterocycles. The van der Waals surface area contributed by atoms with Crippen LogP contribution in [0.4, 0.5) is 9.52 Å². The van der Waals surface area contributed by atoms with Crippen molar-refractivity contribution in [2.24, 2.45) is 0 Å². The minimum Gasteiger partial charge on any atom is -0.508 e. The number of amides is 2. The van der Waals surface area contributed by atoms with Gasteiger partial charge in [0.25, 0.3) is 11.8 Å². The molecule has 2 amide bonds. The number of anilines is 1. The fraction of sp³-hybridized carbons (Fsp3) is 0.242. The topological polar surface area (TPSA) is 106 Å². The molecule has 0 saturated carbocycles. The maximum Gasteiger partial charge on any atom is 0.255 e. The Kier molecular flexibility index (Phi) is 8.20. The van der Waals surface area contributed by atoms with E-state index < -0.39 is 23.7 Å². The fourth-order valence-electron chi connectivity index (χ4n) is 5.44. The first-order valence-corrected chi connectivity index (χ1v) is 14.9. The van der Waals surface area contributed by atoms with Crippen LogP contribution in [0.2, 0.25) is 0 Å². The third-order valence-electron chi connectivity index (χ3n) is 7.72. The van der Waals surface area contributed by atoms with Gasteiger partial charge in [-0.25, -0.2) is 9.37 Å². The molecule has 3 N–H and O–H groups in total. The Balaban J connectivity index is 1.20. The molecule has 218 valence electrons. The molecule has 2 aliphatic rings. The zero-order valence-corrected chi connectivity index (χ0v) is 24.0. The number of fused-ring (bicyclic) bond motifs is 1. The van der Waals surface area contributed by atoms with Gasteiger partial charge in [0.15, 0.2) is 5.13 Å². The highest BCUT2D eigenvalue weighted by Gasteiger charge is 2.39. The number of rotatable bonds is 6. The number of thiazole rings is 1. The molecular weight excluding hydrogens is 567 g/mol. The number of carbonyl (C=O) groups is 2. The molecule has 4 aromatic rings. The van der Waals surface area contributed by atoms with E-state index in [1.165, 1.54) is 34.1 Å². The number of phenolic OH excluding ortho intramolecular Hbond substituents is 1. The van der Waals surface area contributed by atoms with Crippen molar-refractivity contribution in [3.05, 3.63) is 111 Å². The lowest BCUT2D eigenvalue weighted by atomic mass is 10.0. The molecule has 0 radical (unpaired) electrons. The van der Waals surface area contributed by atoms with Crippen LogP contribution < -0.4 is 5.32 Å². The van der Waals surface area contributed by atoms with Crippen molar-refractivity contribution in [1.29, 1.82) is 0 Å². The molecule has 1 fully saturated rings. The smallest absolute Gasteiger partial charge is 0.255 e. The summed E-state index contributed by atoms with van der Waals surface area (Å²) in [5.74, 6) is 4.32. The number of carbonyl (C=O) groups excluding carboxylic acids is 2. The lowest BCUT2D eigenvalue weighted by Gasteiger charge is -2.29. The first kappa shape index (κ1) is 28.6. The number of aliphatic hydroxyl groups is 1. The fourth-order valence-corrected chi connectivity index (χ4v) is 5.97. The van der Waals surface area contributed by atoms with Crippen LogP contribution in [0, 0.1) is 17.7 Å². The first-order valence-electron chi connectivity index (χ1n) is 14.0. The van der Waals surface area contributed by atoms with Crippen molar-refractivity contribution >= 4 is 28.3 Å². The van der Waals surface area contributed by atoms with E-state index in [2.05, 4.69) is 39.2 Å². The monoisotopic (exact) mass is 596 g/mol. The molecule has 1 unspecified atom stereocenters. The van der Waals surface area contributed by atoms with Crippen LogP contribution in [0.5, 0.6) is 5.75 Å². The third-order valence-corrected chi connectivity index (χ3v) is 8.41.